The number of sulfonamides is 1. The number of anilines is 1. The van der Waals surface area contributed by atoms with Crippen LogP contribution in [0.3, 0.4) is 0 Å². The third-order valence-corrected chi connectivity index (χ3v) is 6.19. The molecular weight excluding hydrogens is 374 g/mol. The molecule has 0 fully saturated rings. The highest BCUT2D eigenvalue weighted by Crippen LogP contribution is 2.31. The molecule has 0 unspecified atom stereocenters. The highest BCUT2D eigenvalue weighted by Gasteiger charge is 2.29. The van der Waals surface area contributed by atoms with Gasteiger partial charge in [0.1, 0.15) is 6.54 Å². The van der Waals surface area contributed by atoms with Crippen LogP contribution in [0.15, 0.2) is 47.4 Å². The maximum atomic E-state index is 13.2. The van der Waals surface area contributed by atoms with Gasteiger partial charge in [-0.05, 0) is 55.7 Å². The largest absolute Gasteiger partial charge is 0.465 e. The zero-order chi connectivity index (χ0) is 19.3. The maximum Gasteiger partial charge on any atom is 0.326 e. The van der Waals surface area contributed by atoms with Crippen molar-refractivity contribution in [3.05, 3.63) is 58.6 Å². The second-order valence-corrected chi connectivity index (χ2v) is 7.97. The minimum absolute atomic E-state index is 0.110. The predicted octanol–water partition coefficient (Wildman–Crippen LogP) is 3.97. The molecule has 0 amide bonds. The van der Waals surface area contributed by atoms with E-state index in [0.29, 0.717) is 16.3 Å². The number of carbonyl (C=O) groups excluding carboxylic acids is 1. The van der Waals surface area contributed by atoms with E-state index in [4.69, 9.17) is 16.3 Å². The molecule has 2 aromatic carbocycles. The Hall–Kier alpha value is -2.05. The van der Waals surface area contributed by atoms with E-state index >= 15 is 0 Å². The number of esters is 1. The minimum Gasteiger partial charge on any atom is -0.465 e. The van der Waals surface area contributed by atoms with Crippen LogP contribution < -0.4 is 4.31 Å². The summed E-state index contributed by atoms with van der Waals surface area (Å²) >= 11 is 6.15. The Morgan fingerprint density at radius 3 is 2.35 bits per heavy atom. The Morgan fingerprint density at radius 1 is 1.12 bits per heavy atom. The number of ether oxygens (including phenoxy) is 1. The summed E-state index contributed by atoms with van der Waals surface area (Å²) in [4.78, 5) is 12.1. The van der Waals surface area contributed by atoms with Crippen molar-refractivity contribution in [2.24, 2.45) is 0 Å². The molecule has 0 saturated heterocycles. The Balaban J connectivity index is 2.54. The molecule has 0 radical (unpaired) electrons. The predicted molar refractivity (Wildman–Crippen MR) is 103 cm³/mol. The Kier molecular flexibility index (Phi) is 6.67. The lowest BCUT2D eigenvalue weighted by molar-refractivity contribution is -0.141. The fourth-order valence-corrected chi connectivity index (χ4v) is 4.15. The lowest BCUT2D eigenvalue weighted by Gasteiger charge is -2.25. The van der Waals surface area contributed by atoms with E-state index in [-0.39, 0.29) is 11.5 Å². The monoisotopic (exact) mass is 395 g/mol. The summed E-state index contributed by atoms with van der Waals surface area (Å²) in [5.74, 6) is -0.624. The number of rotatable bonds is 7. The van der Waals surface area contributed by atoms with Gasteiger partial charge in [0.05, 0.1) is 17.2 Å². The van der Waals surface area contributed by atoms with Crippen LogP contribution in [0.1, 0.15) is 25.0 Å². The second kappa shape index (κ2) is 8.56. The van der Waals surface area contributed by atoms with Gasteiger partial charge in [0.15, 0.2) is 0 Å². The van der Waals surface area contributed by atoms with Crippen molar-refractivity contribution >= 4 is 33.3 Å². The summed E-state index contributed by atoms with van der Waals surface area (Å²) < 4.78 is 32.4. The van der Waals surface area contributed by atoms with Crippen molar-refractivity contribution < 1.29 is 17.9 Å². The average molecular weight is 396 g/mol. The number of halogens is 1. The van der Waals surface area contributed by atoms with Crippen molar-refractivity contribution in [3.63, 3.8) is 0 Å². The second-order valence-electron chi connectivity index (χ2n) is 5.70. The molecule has 0 saturated carbocycles. The van der Waals surface area contributed by atoms with E-state index in [9.17, 15) is 13.2 Å². The van der Waals surface area contributed by atoms with Gasteiger partial charge in [0.2, 0.25) is 0 Å². The van der Waals surface area contributed by atoms with Gasteiger partial charge in [-0.15, -0.1) is 0 Å². The van der Waals surface area contributed by atoms with Gasteiger partial charge in [-0.2, -0.15) is 0 Å². The minimum atomic E-state index is -3.96. The third-order valence-electron chi connectivity index (χ3n) is 4.01. The average Bonchev–Trinajstić information content (AvgIpc) is 2.62. The van der Waals surface area contributed by atoms with Crippen LogP contribution in [0, 0.1) is 6.92 Å². The zero-order valence-electron chi connectivity index (χ0n) is 15.0. The molecular formula is C19H22ClNO4S. The van der Waals surface area contributed by atoms with Gasteiger partial charge in [-0.25, -0.2) is 8.42 Å². The molecule has 26 heavy (non-hydrogen) atoms. The van der Waals surface area contributed by atoms with E-state index < -0.39 is 22.5 Å². The molecule has 2 aromatic rings. The molecule has 0 aliphatic heterocycles. The van der Waals surface area contributed by atoms with Crippen LogP contribution >= 0.6 is 11.6 Å². The molecule has 0 aliphatic carbocycles. The van der Waals surface area contributed by atoms with E-state index in [1.54, 1.807) is 56.3 Å². The van der Waals surface area contributed by atoms with E-state index in [1.807, 2.05) is 6.92 Å². The SMILES string of the molecule is CCOC(=O)CN(c1cccc(Cl)c1C)S(=O)(=O)c1ccc(CC)cc1. The molecule has 5 nitrogen and oxygen atoms in total. The smallest absolute Gasteiger partial charge is 0.326 e. The van der Waals surface area contributed by atoms with Crippen LogP contribution in [0.5, 0.6) is 0 Å². The molecule has 0 atom stereocenters. The highest BCUT2D eigenvalue weighted by molar-refractivity contribution is 7.92. The summed E-state index contributed by atoms with van der Waals surface area (Å²) in [5.41, 5.74) is 1.96. The standard InChI is InChI=1S/C19H22ClNO4S/c1-4-15-9-11-16(12-10-15)26(23,24)21(13-19(22)25-5-2)18-8-6-7-17(20)14(18)3/h6-12H,4-5,13H2,1-3H3. The topological polar surface area (TPSA) is 63.7 Å². The summed E-state index contributed by atoms with van der Waals surface area (Å²) in [6, 6.07) is 11.6. The van der Waals surface area contributed by atoms with Crippen molar-refractivity contribution in [1.82, 2.24) is 0 Å². The van der Waals surface area contributed by atoms with E-state index in [0.717, 1.165) is 16.3 Å². The van der Waals surface area contributed by atoms with Crippen LogP contribution in [-0.4, -0.2) is 27.5 Å². The first-order valence-electron chi connectivity index (χ1n) is 8.33. The fraction of sp³-hybridized carbons (Fsp3) is 0.316. The number of hydrogen-bond acceptors (Lipinski definition) is 4. The number of hydrogen-bond donors (Lipinski definition) is 0. The van der Waals surface area contributed by atoms with Crippen molar-refractivity contribution in [2.45, 2.75) is 32.1 Å². The molecule has 0 N–H and O–H groups in total. The molecule has 140 valence electrons. The van der Waals surface area contributed by atoms with Crippen LogP contribution in [0.25, 0.3) is 0 Å². The third kappa shape index (κ3) is 4.37. The van der Waals surface area contributed by atoms with Crippen molar-refractivity contribution in [3.8, 4) is 0 Å². The fourth-order valence-electron chi connectivity index (χ4n) is 2.51. The normalized spacial score (nSPS) is 11.2. The van der Waals surface area contributed by atoms with Crippen LogP contribution in [0.4, 0.5) is 5.69 Å². The summed E-state index contributed by atoms with van der Waals surface area (Å²) in [6.45, 7) is 5.13. The van der Waals surface area contributed by atoms with Gasteiger partial charge in [-0.3, -0.25) is 9.10 Å². The Labute approximate surface area is 159 Å². The summed E-state index contributed by atoms with van der Waals surface area (Å²) in [7, 11) is -3.96. The van der Waals surface area contributed by atoms with Crippen LogP contribution in [0.2, 0.25) is 5.02 Å². The van der Waals surface area contributed by atoms with Gasteiger partial charge >= 0.3 is 5.97 Å². The molecule has 7 heteroatoms. The van der Waals surface area contributed by atoms with E-state index in [1.165, 1.54) is 0 Å². The molecule has 0 bridgehead atoms. The number of carbonyl (C=O) groups is 1. The summed E-state index contributed by atoms with van der Waals surface area (Å²) in [5, 5.41) is 0.424. The Morgan fingerprint density at radius 2 is 1.77 bits per heavy atom. The van der Waals surface area contributed by atoms with Crippen LogP contribution in [-0.2, 0) is 26.0 Å². The van der Waals surface area contributed by atoms with Gasteiger partial charge < -0.3 is 4.74 Å². The molecule has 2 rings (SSSR count). The van der Waals surface area contributed by atoms with Crippen molar-refractivity contribution in [2.75, 3.05) is 17.5 Å². The van der Waals surface area contributed by atoms with Crippen molar-refractivity contribution in [1.29, 1.82) is 0 Å². The molecule has 0 heterocycles. The lowest BCUT2D eigenvalue weighted by Crippen LogP contribution is -2.37. The Bertz CT molecular complexity index is 879. The zero-order valence-corrected chi connectivity index (χ0v) is 16.6. The quantitative estimate of drug-likeness (QED) is 0.665. The number of nitrogens with zero attached hydrogens (tertiary/aromatic N) is 1. The molecule has 0 spiro atoms. The number of benzene rings is 2. The lowest BCUT2D eigenvalue weighted by atomic mass is 10.2. The molecule has 0 aliphatic rings. The van der Waals surface area contributed by atoms with Gasteiger partial charge in [0, 0.05) is 5.02 Å². The maximum absolute atomic E-state index is 13.2. The van der Waals surface area contributed by atoms with E-state index in [2.05, 4.69) is 0 Å². The van der Waals surface area contributed by atoms with Gasteiger partial charge in [0.25, 0.3) is 10.0 Å². The summed E-state index contributed by atoms with van der Waals surface area (Å²) in [6.07, 6.45) is 0.806. The van der Waals surface area contributed by atoms with Gasteiger partial charge in [-0.1, -0.05) is 36.7 Å². The molecule has 0 aromatic heterocycles. The first-order chi connectivity index (χ1) is 12.3. The first kappa shape index (κ1) is 20.3. The number of aryl methyl sites for hydroxylation is 1. The highest BCUT2D eigenvalue weighted by atomic mass is 35.5. The first-order valence-corrected chi connectivity index (χ1v) is 10.2.